The number of rotatable bonds is 11. The van der Waals surface area contributed by atoms with Crippen LogP contribution < -0.4 is 9.62 Å². The third-order valence-electron chi connectivity index (χ3n) is 7.97. The van der Waals surface area contributed by atoms with E-state index < -0.39 is 28.5 Å². The van der Waals surface area contributed by atoms with Gasteiger partial charge < -0.3 is 10.2 Å². The molecule has 0 radical (unpaired) electrons. The Balaban J connectivity index is 1.72. The summed E-state index contributed by atoms with van der Waals surface area (Å²) in [4.78, 5) is 29.7. The first-order valence-corrected chi connectivity index (χ1v) is 17.0. The number of hydrogen-bond acceptors (Lipinski definition) is 4. The predicted molar refractivity (Wildman–Crippen MR) is 174 cm³/mol. The minimum atomic E-state index is -3.84. The average Bonchev–Trinajstić information content (AvgIpc) is 3.47. The Bertz CT molecular complexity index is 1500. The minimum absolute atomic E-state index is 0.0503. The van der Waals surface area contributed by atoms with Gasteiger partial charge in [-0.2, -0.15) is 0 Å². The number of amides is 2. The lowest BCUT2D eigenvalue weighted by Gasteiger charge is -2.34. The quantitative estimate of drug-likeness (QED) is 0.280. The molecule has 1 fully saturated rings. The summed E-state index contributed by atoms with van der Waals surface area (Å²) in [6.45, 7) is 5.83. The molecule has 0 aliphatic heterocycles. The van der Waals surface area contributed by atoms with E-state index in [1.807, 2.05) is 54.6 Å². The molecule has 0 bridgehead atoms. The molecule has 9 heteroatoms. The van der Waals surface area contributed by atoms with Crippen LogP contribution in [0, 0.1) is 0 Å². The predicted octanol–water partition coefficient (Wildman–Crippen LogP) is 6.10. The minimum Gasteiger partial charge on any atom is -0.352 e. The lowest BCUT2D eigenvalue weighted by Crippen LogP contribution is -2.54. The smallest absolute Gasteiger partial charge is 0.244 e. The number of carbonyl (C=O) groups excluding carboxylic acids is 2. The van der Waals surface area contributed by atoms with Gasteiger partial charge in [-0.15, -0.1) is 0 Å². The van der Waals surface area contributed by atoms with Crippen LogP contribution in [0.25, 0.3) is 0 Å². The summed E-state index contributed by atoms with van der Waals surface area (Å²) in [5.41, 5.74) is 2.88. The molecule has 1 aliphatic carbocycles. The molecule has 1 saturated carbocycles. The van der Waals surface area contributed by atoms with E-state index >= 15 is 0 Å². The first-order chi connectivity index (χ1) is 20.3. The van der Waals surface area contributed by atoms with E-state index in [0.717, 1.165) is 47.4 Å². The van der Waals surface area contributed by atoms with Gasteiger partial charge in [0.05, 0.1) is 11.9 Å². The first-order valence-electron chi connectivity index (χ1n) is 14.8. The number of hydrogen-bond donors (Lipinski definition) is 1. The van der Waals surface area contributed by atoms with Gasteiger partial charge in [0.15, 0.2) is 0 Å². The molecule has 3 aromatic carbocycles. The molecule has 0 heterocycles. The van der Waals surface area contributed by atoms with E-state index in [2.05, 4.69) is 26.1 Å². The number of nitrogens with one attached hydrogen (secondary N) is 1. The van der Waals surface area contributed by atoms with Gasteiger partial charge in [-0.05, 0) is 53.1 Å². The molecule has 0 saturated heterocycles. The molecule has 1 unspecified atom stereocenters. The molecule has 2 amide bonds. The van der Waals surface area contributed by atoms with Crippen LogP contribution in [0.2, 0.25) is 5.02 Å². The topological polar surface area (TPSA) is 86.8 Å². The summed E-state index contributed by atoms with van der Waals surface area (Å²) in [6, 6.07) is 23.1. The Morgan fingerprint density at radius 2 is 1.53 bits per heavy atom. The van der Waals surface area contributed by atoms with Gasteiger partial charge in [0.1, 0.15) is 12.6 Å². The van der Waals surface area contributed by atoms with Crippen molar-refractivity contribution in [3.05, 3.63) is 101 Å². The second-order valence-electron chi connectivity index (χ2n) is 12.4. The highest BCUT2D eigenvalue weighted by atomic mass is 35.5. The molecule has 0 aromatic heterocycles. The number of anilines is 1. The summed E-state index contributed by atoms with van der Waals surface area (Å²) < 4.78 is 27.2. The van der Waals surface area contributed by atoms with Crippen LogP contribution in [0.15, 0.2) is 78.9 Å². The molecule has 7 nitrogen and oxygen atoms in total. The number of nitrogens with zero attached hydrogens (tertiary/aromatic N) is 2. The Hall–Kier alpha value is -3.36. The van der Waals surface area contributed by atoms with Crippen molar-refractivity contribution in [3.8, 4) is 0 Å². The van der Waals surface area contributed by atoms with Gasteiger partial charge in [-0.3, -0.25) is 13.9 Å². The zero-order valence-electron chi connectivity index (χ0n) is 25.4. The largest absolute Gasteiger partial charge is 0.352 e. The lowest BCUT2D eigenvalue weighted by atomic mass is 9.87. The van der Waals surface area contributed by atoms with Gasteiger partial charge in [0, 0.05) is 24.0 Å². The van der Waals surface area contributed by atoms with Crippen molar-refractivity contribution in [2.45, 2.75) is 76.9 Å². The van der Waals surface area contributed by atoms with E-state index in [9.17, 15) is 18.0 Å². The number of benzene rings is 3. The standard InChI is InChI=1S/C34H42ClN3O4S/c1-34(2,3)27-18-20-29(21-19-27)38(43(4,41)42)24-32(39)37(23-26-14-8-11-17-30(26)35)31(22-25-12-6-5-7-13-25)33(40)36-28-15-9-10-16-28/h5-8,11-14,17-21,28,31H,9-10,15-16,22-24H2,1-4H3,(H,36,40). The Labute approximate surface area is 261 Å². The Morgan fingerprint density at radius 1 is 0.930 bits per heavy atom. The molecule has 4 rings (SSSR count). The van der Waals surface area contributed by atoms with Crippen LogP contribution in [-0.2, 0) is 38.0 Å². The highest BCUT2D eigenvalue weighted by Gasteiger charge is 2.34. The highest BCUT2D eigenvalue weighted by Crippen LogP contribution is 2.27. The van der Waals surface area contributed by atoms with Crippen molar-refractivity contribution in [3.63, 3.8) is 0 Å². The molecular formula is C34H42ClN3O4S. The van der Waals surface area contributed by atoms with Crippen molar-refractivity contribution in [2.24, 2.45) is 0 Å². The zero-order valence-corrected chi connectivity index (χ0v) is 27.0. The van der Waals surface area contributed by atoms with Gasteiger partial charge >= 0.3 is 0 Å². The van der Waals surface area contributed by atoms with E-state index in [-0.39, 0.29) is 30.3 Å². The van der Waals surface area contributed by atoms with Crippen LogP contribution >= 0.6 is 11.6 Å². The Morgan fingerprint density at radius 3 is 2.12 bits per heavy atom. The molecule has 0 spiro atoms. The first kappa shape index (κ1) is 32.6. The molecule has 3 aromatic rings. The Kier molecular flexibility index (Phi) is 10.6. The normalized spacial score (nSPS) is 14.7. The lowest BCUT2D eigenvalue weighted by molar-refractivity contribution is -0.140. The zero-order chi connectivity index (χ0) is 31.2. The molecule has 1 aliphatic rings. The summed E-state index contributed by atoms with van der Waals surface area (Å²) in [6.07, 6.45) is 5.25. The van der Waals surface area contributed by atoms with E-state index in [1.54, 1.807) is 24.3 Å². The van der Waals surface area contributed by atoms with Crippen LogP contribution in [0.1, 0.15) is 63.1 Å². The van der Waals surface area contributed by atoms with Crippen molar-refractivity contribution in [1.29, 1.82) is 0 Å². The third-order valence-corrected chi connectivity index (χ3v) is 9.48. The molecule has 43 heavy (non-hydrogen) atoms. The van der Waals surface area contributed by atoms with Crippen molar-refractivity contribution in [2.75, 3.05) is 17.1 Å². The number of carbonyl (C=O) groups is 2. The van der Waals surface area contributed by atoms with Gasteiger partial charge in [-0.25, -0.2) is 8.42 Å². The molecule has 1 N–H and O–H groups in total. The molecule has 1 atom stereocenters. The molecule has 230 valence electrons. The maximum absolute atomic E-state index is 14.3. The fourth-order valence-corrected chi connectivity index (χ4v) is 6.52. The van der Waals surface area contributed by atoms with Crippen LogP contribution in [0.3, 0.4) is 0 Å². The fraction of sp³-hybridized carbons (Fsp3) is 0.412. The second-order valence-corrected chi connectivity index (χ2v) is 14.7. The van der Waals surface area contributed by atoms with Crippen LogP contribution in [0.5, 0.6) is 0 Å². The SMILES string of the molecule is CC(C)(C)c1ccc(N(CC(=O)N(Cc2ccccc2Cl)C(Cc2ccccc2)C(=O)NC2CCCC2)S(C)(=O)=O)cc1. The fourth-order valence-electron chi connectivity index (χ4n) is 5.47. The highest BCUT2D eigenvalue weighted by molar-refractivity contribution is 7.92. The number of halogens is 1. The van der Waals surface area contributed by atoms with E-state index in [4.69, 9.17) is 11.6 Å². The van der Waals surface area contributed by atoms with Crippen LogP contribution in [0.4, 0.5) is 5.69 Å². The maximum atomic E-state index is 14.3. The third kappa shape index (κ3) is 8.83. The van der Waals surface area contributed by atoms with E-state index in [1.165, 1.54) is 4.90 Å². The average molecular weight is 624 g/mol. The number of sulfonamides is 1. The van der Waals surface area contributed by atoms with Gasteiger partial charge in [0.2, 0.25) is 21.8 Å². The van der Waals surface area contributed by atoms with Crippen molar-refractivity contribution in [1.82, 2.24) is 10.2 Å². The van der Waals surface area contributed by atoms with Crippen molar-refractivity contribution < 1.29 is 18.0 Å². The van der Waals surface area contributed by atoms with Gasteiger partial charge in [0.25, 0.3) is 0 Å². The van der Waals surface area contributed by atoms with Gasteiger partial charge in [-0.1, -0.05) is 106 Å². The monoisotopic (exact) mass is 623 g/mol. The maximum Gasteiger partial charge on any atom is 0.244 e. The van der Waals surface area contributed by atoms with Crippen LogP contribution in [-0.4, -0.2) is 50.0 Å². The summed E-state index contributed by atoms with van der Waals surface area (Å²) in [5, 5.41) is 3.64. The summed E-state index contributed by atoms with van der Waals surface area (Å²) >= 11 is 6.54. The summed E-state index contributed by atoms with van der Waals surface area (Å²) in [5.74, 6) is -0.746. The second kappa shape index (κ2) is 14.0. The summed E-state index contributed by atoms with van der Waals surface area (Å²) in [7, 11) is -3.84. The van der Waals surface area contributed by atoms with E-state index in [0.29, 0.717) is 16.3 Å². The van der Waals surface area contributed by atoms with Crippen molar-refractivity contribution >= 4 is 39.1 Å². The molecular weight excluding hydrogens is 582 g/mol.